The molecule has 0 N–H and O–H groups in total. The van der Waals surface area contributed by atoms with Crippen molar-refractivity contribution in [3.05, 3.63) is 0 Å². The van der Waals surface area contributed by atoms with Crippen molar-refractivity contribution >= 4 is 34.7 Å². The molecule has 15 heavy (non-hydrogen) atoms. The van der Waals surface area contributed by atoms with Gasteiger partial charge in [-0.2, -0.15) is 0 Å². The second-order valence-corrected chi connectivity index (χ2v) is 3.65. The number of hydrogen-bond acceptors (Lipinski definition) is 2. The summed E-state index contributed by atoms with van der Waals surface area (Å²) in [5.74, 6) is 2.31. The van der Waals surface area contributed by atoms with Gasteiger partial charge in [-0.1, -0.05) is 12.3 Å². The summed E-state index contributed by atoms with van der Waals surface area (Å²) >= 11 is 5.26. The van der Waals surface area contributed by atoms with Crippen LogP contribution >= 0.6 is 11.6 Å². The summed E-state index contributed by atoms with van der Waals surface area (Å²) in [7, 11) is 0. The topological polar surface area (TPSA) is 18.5 Å². The molecule has 0 saturated heterocycles. The first-order valence-electron chi connectivity index (χ1n) is 5.19. The van der Waals surface area contributed by atoms with Crippen LogP contribution in [0.3, 0.4) is 0 Å². The summed E-state index contributed by atoms with van der Waals surface area (Å²) in [5, 5.41) is 2.31. The highest BCUT2D eigenvalue weighted by Gasteiger charge is 2.33. The fraction of sp³-hybridized carbons (Fsp3) is 0.818. The molecule has 0 heterocycles. The summed E-state index contributed by atoms with van der Waals surface area (Å²) in [6.07, 6.45) is 5.58. The lowest BCUT2D eigenvalue weighted by Crippen LogP contribution is -2.38. The molecule has 0 spiro atoms. The summed E-state index contributed by atoms with van der Waals surface area (Å²) in [6, 6.07) is 0. The van der Waals surface area contributed by atoms with E-state index in [4.69, 9.17) is 21.1 Å². The highest BCUT2D eigenvalue weighted by Crippen LogP contribution is 2.32. The molecule has 0 aliphatic heterocycles. The van der Waals surface area contributed by atoms with E-state index >= 15 is 0 Å². The molecule has 84 valence electrons. The van der Waals surface area contributed by atoms with Gasteiger partial charge in [0.25, 0.3) is 0 Å². The SMILES string of the molecule is CCOC1(OCC#CCl)CCCCC1.[MgH2]. The molecule has 1 fully saturated rings. The number of ether oxygens (including phenoxy) is 2. The Morgan fingerprint density at radius 1 is 1.20 bits per heavy atom. The Balaban J connectivity index is 0.00000196. The summed E-state index contributed by atoms with van der Waals surface area (Å²) < 4.78 is 11.4. The quantitative estimate of drug-likeness (QED) is 0.427. The smallest absolute Gasteiger partial charge is 0.316 e. The second kappa shape index (κ2) is 8.66. The van der Waals surface area contributed by atoms with Gasteiger partial charge in [-0.15, -0.1) is 0 Å². The van der Waals surface area contributed by atoms with Gasteiger partial charge < -0.3 is 9.47 Å². The second-order valence-electron chi connectivity index (χ2n) is 3.46. The van der Waals surface area contributed by atoms with Gasteiger partial charge in [-0.25, -0.2) is 0 Å². The maximum atomic E-state index is 5.68. The Morgan fingerprint density at radius 3 is 2.40 bits per heavy atom. The lowest BCUT2D eigenvalue weighted by atomic mass is 9.94. The van der Waals surface area contributed by atoms with Gasteiger partial charge in [0.05, 0.1) is 0 Å². The van der Waals surface area contributed by atoms with Crippen LogP contribution in [0.15, 0.2) is 0 Å². The molecule has 1 aliphatic rings. The van der Waals surface area contributed by atoms with Gasteiger partial charge in [0, 0.05) is 24.8 Å². The summed E-state index contributed by atoms with van der Waals surface area (Å²) in [6.45, 7) is 3.05. The van der Waals surface area contributed by atoms with Crippen LogP contribution in [0.2, 0.25) is 0 Å². The number of hydrogen-bond donors (Lipinski definition) is 0. The minimum Gasteiger partial charge on any atom is -0.350 e. The number of rotatable bonds is 4. The van der Waals surface area contributed by atoms with E-state index in [2.05, 4.69) is 11.3 Å². The first-order valence-corrected chi connectivity index (χ1v) is 5.57. The van der Waals surface area contributed by atoms with Crippen molar-refractivity contribution in [3.63, 3.8) is 0 Å². The van der Waals surface area contributed by atoms with Gasteiger partial charge >= 0.3 is 23.1 Å². The van der Waals surface area contributed by atoms with E-state index in [0.717, 1.165) is 12.8 Å². The maximum Gasteiger partial charge on any atom is 0.316 e. The average Bonchev–Trinajstić information content (AvgIpc) is 2.20. The highest BCUT2D eigenvalue weighted by atomic mass is 35.5. The van der Waals surface area contributed by atoms with Crippen LogP contribution in [0.1, 0.15) is 39.0 Å². The van der Waals surface area contributed by atoms with Crippen molar-refractivity contribution in [2.75, 3.05) is 13.2 Å². The van der Waals surface area contributed by atoms with E-state index in [9.17, 15) is 0 Å². The predicted molar refractivity (Wildman–Crippen MR) is 65.6 cm³/mol. The van der Waals surface area contributed by atoms with Crippen molar-refractivity contribution in [2.45, 2.75) is 44.8 Å². The first-order chi connectivity index (χ1) is 6.83. The Hall–Kier alpha value is 0.536. The van der Waals surface area contributed by atoms with E-state index in [1.165, 1.54) is 19.3 Å². The fourth-order valence-corrected chi connectivity index (χ4v) is 1.93. The van der Waals surface area contributed by atoms with Gasteiger partial charge in [0.1, 0.15) is 6.61 Å². The number of halogens is 1. The molecule has 0 aromatic heterocycles. The molecule has 1 aliphatic carbocycles. The van der Waals surface area contributed by atoms with Crippen molar-refractivity contribution in [3.8, 4) is 11.3 Å². The fourth-order valence-electron chi connectivity index (χ4n) is 1.88. The first kappa shape index (κ1) is 15.5. The normalized spacial score (nSPS) is 18.5. The molecule has 0 bridgehead atoms. The molecular formula is C11H19ClMgO2. The van der Waals surface area contributed by atoms with Gasteiger partial charge in [0.15, 0.2) is 5.79 Å². The molecular weight excluding hydrogens is 224 g/mol. The van der Waals surface area contributed by atoms with E-state index in [-0.39, 0.29) is 28.8 Å². The lowest BCUT2D eigenvalue weighted by molar-refractivity contribution is -0.243. The van der Waals surface area contributed by atoms with Gasteiger partial charge in [-0.05, 0) is 31.4 Å². The third-order valence-electron chi connectivity index (χ3n) is 2.50. The van der Waals surface area contributed by atoms with Crippen molar-refractivity contribution in [1.29, 1.82) is 0 Å². The standard InChI is InChI=1S/C11H17ClO2.Mg.2H/c1-2-13-11(14-10-6-9-12)7-4-3-5-8-11;;;/h2-5,7-8,10H2,1H3;;;. The zero-order chi connectivity index (χ0) is 10.3. The summed E-state index contributed by atoms with van der Waals surface area (Å²) in [5.41, 5.74) is 0. The van der Waals surface area contributed by atoms with Crippen molar-refractivity contribution in [2.24, 2.45) is 0 Å². The Morgan fingerprint density at radius 2 is 1.87 bits per heavy atom. The Kier molecular flexibility index (Phi) is 8.97. The third kappa shape index (κ3) is 5.42. The van der Waals surface area contributed by atoms with Gasteiger partial charge in [-0.3, -0.25) is 0 Å². The molecule has 0 aromatic rings. The molecule has 0 radical (unpaired) electrons. The minimum absolute atomic E-state index is 0. The van der Waals surface area contributed by atoms with Crippen LogP contribution in [0.25, 0.3) is 0 Å². The minimum atomic E-state index is -0.381. The highest BCUT2D eigenvalue weighted by molar-refractivity contribution is 6.30. The molecule has 1 saturated carbocycles. The van der Waals surface area contributed by atoms with Crippen LogP contribution < -0.4 is 0 Å². The molecule has 1 rings (SSSR count). The van der Waals surface area contributed by atoms with E-state index in [1.807, 2.05) is 6.92 Å². The average molecular weight is 243 g/mol. The maximum absolute atomic E-state index is 5.68. The van der Waals surface area contributed by atoms with Crippen LogP contribution in [0.4, 0.5) is 0 Å². The van der Waals surface area contributed by atoms with Gasteiger partial charge in [0.2, 0.25) is 0 Å². The van der Waals surface area contributed by atoms with E-state index in [1.54, 1.807) is 0 Å². The zero-order valence-corrected chi connectivity index (χ0v) is 9.40. The largest absolute Gasteiger partial charge is 0.350 e. The van der Waals surface area contributed by atoms with Crippen LogP contribution in [0, 0.1) is 11.3 Å². The molecule has 0 atom stereocenters. The Bertz CT molecular complexity index is 211. The van der Waals surface area contributed by atoms with Crippen LogP contribution in [-0.2, 0) is 9.47 Å². The van der Waals surface area contributed by atoms with Crippen LogP contribution in [-0.4, -0.2) is 42.1 Å². The Labute approximate surface area is 113 Å². The van der Waals surface area contributed by atoms with Crippen LogP contribution in [0.5, 0.6) is 0 Å². The van der Waals surface area contributed by atoms with Crippen molar-refractivity contribution in [1.82, 2.24) is 0 Å². The van der Waals surface area contributed by atoms with E-state index < -0.39 is 0 Å². The molecule has 0 unspecified atom stereocenters. The molecule has 0 aromatic carbocycles. The van der Waals surface area contributed by atoms with Crippen molar-refractivity contribution < 1.29 is 9.47 Å². The third-order valence-corrected chi connectivity index (χ3v) is 2.63. The summed E-state index contributed by atoms with van der Waals surface area (Å²) in [4.78, 5) is 0. The molecule has 0 amide bonds. The van der Waals surface area contributed by atoms with E-state index in [0.29, 0.717) is 13.2 Å². The molecule has 4 heteroatoms. The predicted octanol–water partition coefficient (Wildman–Crippen LogP) is 1.98. The monoisotopic (exact) mass is 242 g/mol. The molecule has 2 nitrogen and oxygen atoms in total. The lowest BCUT2D eigenvalue weighted by Gasteiger charge is -2.36. The zero-order valence-electron chi connectivity index (χ0n) is 8.64.